The monoisotopic (exact) mass is 337 g/mol. The van der Waals surface area contributed by atoms with Crippen LogP contribution in [0.25, 0.3) is 0 Å². The molecule has 2 aromatic heterocycles. The quantitative estimate of drug-likeness (QED) is 0.932. The lowest BCUT2D eigenvalue weighted by molar-refractivity contribution is -0.141. The third kappa shape index (κ3) is 3.05. The molecular formula is C15H14F3N5O. The molecule has 1 aliphatic heterocycles. The summed E-state index contributed by atoms with van der Waals surface area (Å²) < 4.78 is 45.9. The number of ether oxygens (including phenoxy) is 1. The maximum atomic E-state index is 12.9. The first-order chi connectivity index (χ1) is 11.4. The summed E-state index contributed by atoms with van der Waals surface area (Å²) in [4.78, 5) is 3.58. The van der Waals surface area contributed by atoms with E-state index in [1.165, 1.54) is 0 Å². The van der Waals surface area contributed by atoms with Crippen LogP contribution in [0.1, 0.15) is 29.5 Å². The van der Waals surface area contributed by atoms with Crippen molar-refractivity contribution in [2.45, 2.75) is 24.7 Å². The van der Waals surface area contributed by atoms with E-state index in [0.717, 1.165) is 17.8 Å². The van der Waals surface area contributed by atoms with E-state index in [4.69, 9.17) is 10.00 Å². The van der Waals surface area contributed by atoms with E-state index in [9.17, 15) is 13.2 Å². The Balaban J connectivity index is 1.90. The molecule has 3 rings (SSSR count). The SMILES string of the molecule is Cn1nccc1[C@H]1OCC[C@@H]1Nc1nc(C(F)(F)F)ccc1C#N. The Morgan fingerprint density at radius 1 is 1.38 bits per heavy atom. The minimum atomic E-state index is -4.57. The van der Waals surface area contributed by atoms with Crippen molar-refractivity contribution in [1.82, 2.24) is 14.8 Å². The van der Waals surface area contributed by atoms with Crippen LogP contribution in [0.4, 0.5) is 19.0 Å². The van der Waals surface area contributed by atoms with Gasteiger partial charge in [0.05, 0.1) is 17.3 Å². The molecule has 3 heterocycles. The van der Waals surface area contributed by atoms with Crippen LogP contribution >= 0.6 is 0 Å². The molecule has 0 spiro atoms. The smallest absolute Gasteiger partial charge is 0.370 e. The van der Waals surface area contributed by atoms with Gasteiger partial charge in [0.25, 0.3) is 0 Å². The molecule has 1 saturated heterocycles. The van der Waals surface area contributed by atoms with Crippen molar-refractivity contribution >= 4 is 5.82 Å². The van der Waals surface area contributed by atoms with Crippen molar-refractivity contribution < 1.29 is 17.9 Å². The number of halogens is 3. The number of hydrogen-bond donors (Lipinski definition) is 1. The lowest BCUT2D eigenvalue weighted by Crippen LogP contribution is -2.26. The van der Waals surface area contributed by atoms with Gasteiger partial charge in [-0.2, -0.15) is 23.5 Å². The molecule has 9 heteroatoms. The predicted octanol–water partition coefficient (Wildman–Crippen LogP) is 2.65. The van der Waals surface area contributed by atoms with E-state index < -0.39 is 11.9 Å². The summed E-state index contributed by atoms with van der Waals surface area (Å²) in [5.74, 6) is -0.0880. The van der Waals surface area contributed by atoms with Crippen molar-refractivity contribution in [1.29, 1.82) is 5.26 Å². The second-order valence-electron chi connectivity index (χ2n) is 5.41. The van der Waals surface area contributed by atoms with Crippen LogP contribution in [0.15, 0.2) is 24.4 Å². The fourth-order valence-corrected chi connectivity index (χ4v) is 2.68. The van der Waals surface area contributed by atoms with E-state index in [1.54, 1.807) is 24.0 Å². The number of nitrogens with one attached hydrogen (secondary N) is 1. The van der Waals surface area contributed by atoms with Gasteiger partial charge in [0, 0.05) is 19.9 Å². The van der Waals surface area contributed by atoms with Crippen LogP contribution < -0.4 is 5.32 Å². The molecule has 1 fully saturated rings. The highest BCUT2D eigenvalue weighted by atomic mass is 19.4. The van der Waals surface area contributed by atoms with Crippen molar-refractivity contribution in [3.05, 3.63) is 41.3 Å². The number of hydrogen-bond acceptors (Lipinski definition) is 5. The normalized spacial score (nSPS) is 20.8. The maximum Gasteiger partial charge on any atom is 0.433 e. The molecule has 2 aromatic rings. The number of pyridine rings is 1. The van der Waals surface area contributed by atoms with Crippen LogP contribution in [-0.4, -0.2) is 27.4 Å². The molecule has 24 heavy (non-hydrogen) atoms. The number of nitrogens with zero attached hydrogens (tertiary/aromatic N) is 4. The van der Waals surface area contributed by atoms with Gasteiger partial charge in [-0.1, -0.05) is 0 Å². The molecule has 0 aromatic carbocycles. The number of nitriles is 1. The Labute approximate surface area is 135 Å². The topological polar surface area (TPSA) is 75.8 Å². The zero-order valence-electron chi connectivity index (χ0n) is 12.7. The summed E-state index contributed by atoms with van der Waals surface area (Å²) in [6.07, 6.45) is -2.74. The average molecular weight is 337 g/mol. The molecule has 2 atom stereocenters. The van der Waals surface area contributed by atoms with Crippen LogP contribution in [0.2, 0.25) is 0 Å². The van der Waals surface area contributed by atoms with Crippen molar-refractivity contribution in [3.8, 4) is 6.07 Å². The molecule has 126 valence electrons. The van der Waals surface area contributed by atoms with Gasteiger partial charge in [0.1, 0.15) is 23.7 Å². The largest absolute Gasteiger partial charge is 0.433 e. The van der Waals surface area contributed by atoms with Gasteiger partial charge in [-0.05, 0) is 24.6 Å². The first-order valence-corrected chi connectivity index (χ1v) is 7.24. The van der Waals surface area contributed by atoms with E-state index >= 15 is 0 Å². The maximum absolute atomic E-state index is 12.9. The first kappa shape index (κ1) is 16.3. The highest BCUT2D eigenvalue weighted by molar-refractivity contribution is 5.53. The minimum Gasteiger partial charge on any atom is -0.370 e. The Morgan fingerprint density at radius 2 is 2.17 bits per heavy atom. The standard InChI is InChI=1S/C15H14F3N5O/c1-23-11(4-6-20-23)13-10(5-7-24-13)21-14-9(8-19)2-3-12(22-14)15(16,17)18/h2-4,6,10,13H,5,7H2,1H3,(H,21,22)/t10-,13-/m0/s1. The molecule has 1 N–H and O–H groups in total. The van der Waals surface area contributed by atoms with Gasteiger partial charge in [-0.25, -0.2) is 4.98 Å². The second kappa shape index (κ2) is 6.13. The molecule has 0 saturated carbocycles. The Bertz CT molecular complexity index is 780. The van der Waals surface area contributed by atoms with Crippen LogP contribution in [0.5, 0.6) is 0 Å². The highest BCUT2D eigenvalue weighted by Crippen LogP contribution is 2.33. The summed E-state index contributed by atoms with van der Waals surface area (Å²) in [6.45, 7) is 0.453. The van der Waals surface area contributed by atoms with Crippen LogP contribution in [0, 0.1) is 11.3 Å². The second-order valence-corrected chi connectivity index (χ2v) is 5.41. The molecule has 0 radical (unpaired) electrons. The lowest BCUT2D eigenvalue weighted by Gasteiger charge is -2.21. The number of aromatic nitrogens is 3. The fourth-order valence-electron chi connectivity index (χ4n) is 2.68. The van der Waals surface area contributed by atoms with Gasteiger partial charge >= 0.3 is 6.18 Å². The third-order valence-electron chi connectivity index (χ3n) is 3.87. The highest BCUT2D eigenvalue weighted by Gasteiger charge is 2.35. The van der Waals surface area contributed by atoms with Gasteiger partial charge in [-0.3, -0.25) is 4.68 Å². The zero-order chi connectivity index (χ0) is 17.3. The summed E-state index contributed by atoms with van der Waals surface area (Å²) in [6, 6.07) is 5.26. The van der Waals surface area contributed by atoms with Crippen molar-refractivity contribution in [2.24, 2.45) is 7.05 Å². The summed E-state index contributed by atoms with van der Waals surface area (Å²) in [7, 11) is 1.76. The Morgan fingerprint density at radius 3 is 2.79 bits per heavy atom. The lowest BCUT2D eigenvalue weighted by atomic mass is 10.1. The number of aryl methyl sites for hydroxylation is 1. The summed E-state index contributed by atoms with van der Waals surface area (Å²) in [5, 5.41) is 16.1. The summed E-state index contributed by atoms with van der Waals surface area (Å²) in [5.41, 5.74) is -0.186. The van der Waals surface area contributed by atoms with E-state index in [0.29, 0.717) is 13.0 Å². The molecule has 6 nitrogen and oxygen atoms in total. The molecular weight excluding hydrogens is 323 g/mol. The van der Waals surface area contributed by atoms with Crippen LogP contribution in [-0.2, 0) is 18.0 Å². The molecule has 0 unspecified atom stereocenters. The zero-order valence-corrected chi connectivity index (χ0v) is 12.7. The molecule has 1 aliphatic rings. The molecule has 0 bridgehead atoms. The summed E-state index contributed by atoms with van der Waals surface area (Å²) >= 11 is 0. The van der Waals surface area contributed by atoms with Gasteiger partial charge < -0.3 is 10.1 Å². The van der Waals surface area contributed by atoms with Gasteiger partial charge in [-0.15, -0.1) is 0 Å². The number of alkyl halides is 3. The molecule has 0 aliphatic carbocycles. The number of anilines is 1. The number of rotatable bonds is 3. The van der Waals surface area contributed by atoms with E-state index in [1.807, 2.05) is 6.07 Å². The molecule has 0 amide bonds. The van der Waals surface area contributed by atoms with Gasteiger partial charge in [0.2, 0.25) is 0 Å². The average Bonchev–Trinajstić information content (AvgIpc) is 3.14. The first-order valence-electron chi connectivity index (χ1n) is 7.24. The van der Waals surface area contributed by atoms with Crippen LogP contribution in [0.3, 0.4) is 0 Å². The van der Waals surface area contributed by atoms with Gasteiger partial charge in [0.15, 0.2) is 0 Å². The predicted molar refractivity (Wildman–Crippen MR) is 77.9 cm³/mol. The Kier molecular flexibility index (Phi) is 4.15. The van der Waals surface area contributed by atoms with E-state index in [2.05, 4.69) is 15.4 Å². The van der Waals surface area contributed by atoms with Crippen molar-refractivity contribution in [2.75, 3.05) is 11.9 Å². The van der Waals surface area contributed by atoms with E-state index in [-0.39, 0.29) is 23.5 Å². The third-order valence-corrected chi connectivity index (χ3v) is 3.87. The fraction of sp³-hybridized carbons (Fsp3) is 0.400. The minimum absolute atomic E-state index is 0.0543. The van der Waals surface area contributed by atoms with Crippen molar-refractivity contribution in [3.63, 3.8) is 0 Å². The Hall–Kier alpha value is -2.60.